The number of Topliss-reactive ketones (excluding diaryl/α,β-unsaturated/α-hetero) is 1. The minimum absolute atomic E-state index is 0.00905. The second-order valence-corrected chi connectivity index (χ2v) is 18.1. The molecule has 2 aliphatic rings. The molecule has 0 saturated heterocycles. The number of carbonyl (C=O) groups excluding carboxylic acids is 1. The summed E-state index contributed by atoms with van der Waals surface area (Å²) in [6, 6.07) is 27.1. The lowest BCUT2D eigenvalue weighted by molar-refractivity contribution is -0.129. The number of aliphatic imine (C=N–C) groups is 1. The Kier molecular flexibility index (Phi) is 9.17. The summed E-state index contributed by atoms with van der Waals surface area (Å²) in [4.78, 5) is 19.2. The van der Waals surface area contributed by atoms with Gasteiger partial charge in [0.2, 0.25) is 0 Å². The molecule has 0 unspecified atom stereocenters. The van der Waals surface area contributed by atoms with Crippen LogP contribution in [0.4, 0.5) is 0 Å². The Bertz CT molecular complexity index is 1380. The van der Waals surface area contributed by atoms with Gasteiger partial charge in [-0.1, -0.05) is 98.5 Å². The molecule has 220 valence electrons. The molecule has 5 rings (SSSR count). The van der Waals surface area contributed by atoms with Crippen LogP contribution in [0.5, 0.6) is 11.5 Å². The van der Waals surface area contributed by atoms with Gasteiger partial charge in [-0.3, -0.25) is 9.79 Å². The third kappa shape index (κ3) is 6.31. The van der Waals surface area contributed by atoms with Crippen LogP contribution in [0.1, 0.15) is 48.8 Å². The summed E-state index contributed by atoms with van der Waals surface area (Å²) in [6.07, 6.45) is 5.33. The van der Waals surface area contributed by atoms with Crippen LogP contribution in [-0.2, 0) is 4.79 Å². The second kappa shape index (κ2) is 12.8. The van der Waals surface area contributed by atoms with Gasteiger partial charge >= 0.3 is 0 Å². The van der Waals surface area contributed by atoms with Gasteiger partial charge in [0.25, 0.3) is 0 Å². The SMILES string of the molecule is COc1cc(OC)cc([C@@H]2C=C([Si](C)(C)C)[C@@H]3CCCC(=O)[C@H]3[C@H]2[C@@H](C)CN=C(c2ccccc2)c2ccccc2)c1. The van der Waals surface area contributed by atoms with E-state index in [-0.39, 0.29) is 23.7 Å². The molecule has 0 aromatic heterocycles. The van der Waals surface area contributed by atoms with Crippen LogP contribution in [0.3, 0.4) is 0 Å². The van der Waals surface area contributed by atoms with Crippen molar-refractivity contribution in [2.75, 3.05) is 20.8 Å². The van der Waals surface area contributed by atoms with E-state index in [4.69, 9.17) is 14.5 Å². The Hall–Kier alpha value is -3.44. The normalized spacial score (nSPS) is 22.9. The number of ketones is 1. The van der Waals surface area contributed by atoms with Crippen molar-refractivity contribution >= 4 is 19.6 Å². The molecule has 42 heavy (non-hydrogen) atoms. The maximum atomic E-state index is 13.9. The molecule has 0 radical (unpaired) electrons. The summed E-state index contributed by atoms with van der Waals surface area (Å²) < 4.78 is 11.4. The largest absolute Gasteiger partial charge is 0.497 e. The van der Waals surface area contributed by atoms with Crippen molar-refractivity contribution in [2.24, 2.45) is 28.7 Å². The van der Waals surface area contributed by atoms with Gasteiger partial charge < -0.3 is 9.47 Å². The number of hydrogen-bond acceptors (Lipinski definition) is 4. The highest BCUT2D eigenvalue weighted by Crippen LogP contribution is 2.53. The first-order valence-electron chi connectivity index (χ1n) is 15.3. The van der Waals surface area contributed by atoms with Crippen molar-refractivity contribution < 1.29 is 14.3 Å². The molecule has 0 amide bonds. The van der Waals surface area contributed by atoms with Gasteiger partial charge in [-0.05, 0) is 48.3 Å². The summed E-state index contributed by atoms with van der Waals surface area (Å²) >= 11 is 0. The van der Waals surface area contributed by atoms with Crippen molar-refractivity contribution in [3.63, 3.8) is 0 Å². The smallest absolute Gasteiger partial charge is 0.136 e. The van der Waals surface area contributed by atoms with E-state index in [2.05, 4.69) is 93.3 Å². The molecular formula is C37H45NO3Si. The second-order valence-electron chi connectivity index (χ2n) is 13.0. The molecule has 0 spiro atoms. The first-order valence-corrected chi connectivity index (χ1v) is 18.8. The molecule has 4 nitrogen and oxygen atoms in total. The van der Waals surface area contributed by atoms with E-state index < -0.39 is 8.07 Å². The maximum absolute atomic E-state index is 13.9. The van der Waals surface area contributed by atoms with Crippen LogP contribution in [0.15, 0.2) is 95.1 Å². The summed E-state index contributed by atoms with van der Waals surface area (Å²) in [5.41, 5.74) is 4.39. The van der Waals surface area contributed by atoms with E-state index in [0.29, 0.717) is 24.7 Å². The standard InChI is InChI=1S/C37H45NO3Si/c1-25(24-38-37(26-14-9-7-10-15-26)27-16-11-8-12-17-27)35-32(28-20-29(40-2)22-30(21-28)41-3)23-34(42(4,5)6)31-18-13-19-33(39)36(31)35/h7-12,14-17,20-23,25,31-32,35-36H,13,18-19,24H2,1-6H3/t25-,31-,32-,35-,36-/m0/s1. The van der Waals surface area contributed by atoms with Crippen molar-refractivity contribution in [1.29, 1.82) is 0 Å². The van der Waals surface area contributed by atoms with E-state index in [1.807, 2.05) is 18.2 Å². The molecule has 2 aliphatic carbocycles. The average Bonchev–Trinajstić information content (AvgIpc) is 3.00. The lowest BCUT2D eigenvalue weighted by Gasteiger charge is -2.49. The Morgan fingerprint density at radius 1 is 0.905 bits per heavy atom. The lowest BCUT2D eigenvalue weighted by atomic mass is 9.59. The highest BCUT2D eigenvalue weighted by molar-refractivity contribution is 6.83. The quantitative estimate of drug-likeness (QED) is 0.189. The van der Waals surface area contributed by atoms with E-state index in [0.717, 1.165) is 46.7 Å². The number of methoxy groups -OCH3 is 2. The molecule has 0 bridgehead atoms. The molecule has 1 fully saturated rings. The third-order valence-electron chi connectivity index (χ3n) is 9.25. The van der Waals surface area contributed by atoms with E-state index in [1.54, 1.807) is 19.4 Å². The fraction of sp³-hybridized carbons (Fsp3) is 0.405. The predicted molar refractivity (Wildman–Crippen MR) is 176 cm³/mol. The van der Waals surface area contributed by atoms with Crippen LogP contribution in [0.2, 0.25) is 19.6 Å². The van der Waals surface area contributed by atoms with Crippen LogP contribution < -0.4 is 9.47 Å². The van der Waals surface area contributed by atoms with Gasteiger partial charge in [0.05, 0.1) is 28.0 Å². The molecular weight excluding hydrogens is 534 g/mol. The average molecular weight is 580 g/mol. The number of benzene rings is 3. The van der Waals surface area contributed by atoms with E-state index in [9.17, 15) is 4.79 Å². The number of nitrogens with zero attached hydrogens (tertiary/aromatic N) is 1. The fourth-order valence-corrected chi connectivity index (χ4v) is 9.42. The van der Waals surface area contributed by atoms with Gasteiger partial charge in [-0.2, -0.15) is 0 Å². The predicted octanol–water partition coefficient (Wildman–Crippen LogP) is 8.38. The monoisotopic (exact) mass is 579 g/mol. The van der Waals surface area contributed by atoms with Gasteiger partial charge in [0.15, 0.2) is 0 Å². The maximum Gasteiger partial charge on any atom is 0.136 e. The lowest BCUT2D eigenvalue weighted by Crippen LogP contribution is -2.48. The molecule has 0 heterocycles. The zero-order valence-electron chi connectivity index (χ0n) is 26.0. The Labute approximate surface area is 252 Å². The summed E-state index contributed by atoms with van der Waals surface area (Å²) in [7, 11) is 1.72. The van der Waals surface area contributed by atoms with Crippen LogP contribution in [0.25, 0.3) is 0 Å². The zero-order valence-corrected chi connectivity index (χ0v) is 27.0. The molecule has 5 heteroatoms. The van der Waals surface area contributed by atoms with Crippen molar-refractivity contribution in [1.82, 2.24) is 0 Å². The highest BCUT2D eigenvalue weighted by atomic mass is 28.3. The number of carbonyl (C=O) groups is 1. The minimum Gasteiger partial charge on any atom is -0.497 e. The molecule has 5 atom stereocenters. The molecule has 0 aliphatic heterocycles. The fourth-order valence-electron chi connectivity index (χ4n) is 7.30. The first kappa shape index (κ1) is 30.0. The molecule has 3 aromatic carbocycles. The van der Waals surface area contributed by atoms with Crippen LogP contribution in [0, 0.1) is 23.7 Å². The van der Waals surface area contributed by atoms with Crippen LogP contribution >= 0.6 is 0 Å². The number of ether oxygens (including phenoxy) is 2. The third-order valence-corrected chi connectivity index (χ3v) is 11.5. The Balaban J connectivity index is 1.62. The van der Waals surface area contributed by atoms with Crippen LogP contribution in [-0.4, -0.2) is 40.3 Å². The van der Waals surface area contributed by atoms with Gasteiger partial charge in [-0.15, -0.1) is 0 Å². The van der Waals surface area contributed by atoms with Crippen molar-refractivity contribution in [3.8, 4) is 11.5 Å². The zero-order chi connectivity index (χ0) is 29.9. The minimum atomic E-state index is -1.68. The molecule has 0 N–H and O–H groups in total. The number of fused-ring (bicyclic) bond motifs is 1. The Morgan fingerprint density at radius 2 is 1.48 bits per heavy atom. The Morgan fingerprint density at radius 3 is 2.00 bits per heavy atom. The van der Waals surface area contributed by atoms with E-state index in [1.165, 1.54) is 0 Å². The van der Waals surface area contributed by atoms with Crippen molar-refractivity contribution in [3.05, 3.63) is 107 Å². The highest BCUT2D eigenvalue weighted by Gasteiger charge is 2.49. The number of hydrogen-bond donors (Lipinski definition) is 0. The summed E-state index contributed by atoms with van der Waals surface area (Å²) in [6.45, 7) is 10.2. The molecule has 3 aromatic rings. The molecule has 1 saturated carbocycles. The first-order chi connectivity index (χ1) is 20.2. The van der Waals surface area contributed by atoms with Crippen molar-refractivity contribution in [2.45, 2.75) is 51.7 Å². The van der Waals surface area contributed by atoms with Gasteiger partial charge in [-0.25, -0.2) is 0 Å². The number of allylic oxidation sites excluding steroid dienone is 2. The summed E-state index contributed by atoms with van der Waals surface area (Å²) in [5, 5.41) is 1.55. The summed E-state index contributed by atoms with van der Waals surface area (Å²) in [5.74, 6) is 2.74. The van der Waals surface area contributed by atoms with Gasteiger partial charge in [0.1, 0.15) is 17.3 Å². The van der Waals surface area contributed by atoms with E-state index >= 15 is 0 Å². The topological polar surface area (TPSA) is 47.9 Å². The van der Waals surface area contributed by atoms with Gasteiger partial charge in [0, 0.05) is 42.0 Å². The number of rotatable bonds is 9.